The number of anilines is 1. The Balaban J connectivity index is 1.67. The summed E-state index contributed by atoms with van der Waals surface area (Å²) in [6.07, 6.45) is -10.2. The van der Waals surface area contributed by atoms with Gasteiger partial charge in [0, 0.05) is 19.3 Å². The summed E-state index contributed by atoms with van der Waals surface area (Å²) in [6.45, 7) is 1.18. The van der Waals surface area contributed by atoms with Crippen molar-refractivity contribution >= 4 is 28.6 Å². The molecule has 4 atom stereocenters. The van der Waals surface area contributed by atoms with Crippen molar-refractivity contribution in [2.24, 2.45) is 0 Å². The molecule has 154 valence electrons. The first-order valence-corrected chi connectivity index (χ1v) is 8.96. The SMILES string of the molecule is O[C@@H]1[C@H](O)[C@@H](C(F)(F)F)O[C@H]1n1cnc2c(NC3CCOCC3)nc(Cl)nc21. The van der Waals surface area contributed by atoms with Crippen molar-refractivity contribution in [2.45, 2.75) is 49.6 Å². The largest absolute Gasteiger partial charge is 0.417 e. The molecule has 0 saturated carbocycles. The third-order valence-corrected chi connectivity index (χ3v) is 4.96. The van der Waals surface area contributed by atoms with Gasteiger partial charge in [0.2, 0.25) is 5.28 Å². The van der Waals surface area contributed by atoms with Gasteiger partial charge in [-0.15, -0.1) is 0 Å². The Kier molecular flexibility index (Phi) is 5.08. The van der Waals surface area contributed by atoms with E-state index < -0.39 is 30.7 Å². The van der Waals surface area contributed by atoms with E-state index in [4.69, 9.17) is 21.1 Å². The lowest BCUT2D eigenvalue weighted by Crippen LogP contribution is -2.40. The molecule has 0 aliphatic carbocycles. The summed E-state index contributed by atoms with van der Waals surface area (Å²) in [7, 11) is 0. The maximum Gasteiger partial charge on any atom is 0.417 e. The number of nitrogens with one attached hydrogen (secondary N) is 1. The molecule has 13 heteroatoms. The van der Waals surface area contributed by atoms with E-state index in [2.05, 4.69) is 20.3 Å². The van der Waals surface area contributed by atoms with E-state index in [9.17, 15) is 23.4 Å². The van der Waals surface area contributed by atoms with E-state index in [0.717, 1.165) is 17.4 Å². The Morgan fingerprint density at radius 1 is 1.18 bits per heavy atom. The molecule has 2 saturated heterocycles. The zero-order valence-corrected chi connectivity index (χ0v) is 15.1. The van der Waals surface area contributed by atoms with E-state index >= 15 is 0 Å². The maximum atomic E-state index is 13.0. The highest BCUT2D eigenvalue weighted by Crippen LogP contribution is 2.39. The molecule has 2 aliphatic heterocycles. The number of ether oxygens (including phenoxy) is 2. The molecule has 2 aliphatic rings. The molecule has 4 rings (SSSR count). The molecule has 9 nitrogen and oxygen atoms in total. The molecule has 0 radical (unpaired) electrons. The van der Waals surface area contributed by atoms with E-state index in [-0.39, 0.29) is 22.5 Å². The van der Waals surface area contributed by atoms with Gasteiger partial charge in [-0.2, -0.15) is 23.1 Å². The summed E-state index contributed by atoms with van der Waals surface area (Å²) >= 11 is 5.98. The van der Waals surface area contributed by atoms with Crippen LogP contribution in [0.5, 0.6) is 0 Å². The molecule has 0 spiro atoms. The topological polar surface area (TPSA) is 115 Å². The van der Waals surface area contributed by atoms with Crippen LogP contribution in [0.1, 0.15) is 19.1 Å². The second kappa shape index (κ2) is 7.26. The van der Waals surface area contributed by atoms with E-state index in [1.54, 1.807) is 0 Å². The molecule has 0 amide bonds. The van der Waals surface area contributed by atoms with Crippen molar-refractivity contribution in [1.29, 1.82) is 0 Å². The normalized spacial score (nSPS) is 29.5. The molecule has 3 N–H and O–H groups in total. The van der Waals surface area contributed by atoms with Crippen LogP contribution in [0.15, 0.2) is 6.33 Å². The van der Waals surface area contributed by atoms with Crippen molar-refractivity contribution in [3.8, 4) is 0 Å². The fourth-order valence-electron chi connectivity index (χ4n) is 3.37. The molecule has 0 unspecified atom stereocenters. The number of alkyl halides is 3. The van der Waals surface area contributed by atoms with Gasteiger partial charge < -0.3 is 25.0 Å². The minimum absolute atomic E-state index is 0.0674. The monoisotopic (exact) mass is 423 g/mol. The van der Waals surface area contributed by atoms with Gasteiger partial charge in [-0.1, -0.05) is 0 Å². The van der Waals surface area contributed by atoms with Gasteiger partial charge in [0.1, 0.15) is 12.2 Å². The van der Waals surface area contributed by atoms with E-state index in [1.807, 2.05) is 0 Å². The highest BCUT2D eigenvalue weighted by atomic mass is 35.5. The zero-order valence-electron chi connectivity index (χ0n) is 14.3. The van der Waals surface area contributed by atoms with Crippen LogP contribution in [0.4, 0.5) is 19.0 Å². The van der Waals surface area contributed by atoms with Crippen LogP contribution < -0.4 is 5.32 Å². The first kappa shape index (κ1) is 19.6. The Labute approximate surface area is 161 Å². The second-order valence-electron chi connectivity index (χ2n) is 6.67. The third kappa shape index (κ3) is 3.50. The molecule has 0 bridgehead atoms. The lowest BCUT2D eigenvalue weighted by atomic mass is 10.1. The summed E-state index contributed by atoms with van der Waals surface area (Å²) in [5.74, 6) is 0.320. The van der Waals surface area contributed by atoms with E-state index in [0.29, 0.717) is 19.0 Å². The van der Waals surface area contributed by atoms with Gasteiger partial charge in [-0.3, -0.25) is 4.57 Å². The van der Waals surface area contributed by atoms with Crippen LogP contribution in [0.2, 0.25) is 5.28 Å². The van der Waals surface area contributed by atoms with Crippen molar-refractivity contribution in [3.05, 3.63) is 11.6 Å². The van der Waals surface area contributed by atoms with Crippen LogP contribution >= 0.6 is 11.6 Å². The quantitative estimate of drug-likeness (QED) is 0.632. The van der Waals surface area contributed by atoms with Crippen LogP contribution in [0.3, 0.4) is 0 Å². The van der Waals surface area contributed by atoms with Gasteiger partial charge in [0.05, 0.1) is 6.33 Å². The Morgan fingerprint density at radius 2 is 1.89 bits per heavy atom. The number of imidazole rings is 1. The number of aromatic nitrogens is 4. The first-order chi connectivity index (χ1) is 13.3. The predicted octanol–water partition coefficient (Wildman–Crippen LogP) is 1.25. The highest BCUT2D eigenvalue weighted by Gasteiger charge is 2.56. The lowest BCUT2D eigenvalue weighted by Gasteiger charge is -2.23. The Morgan fingerprint density at radius 3 is 2.54 bits per heavy atom. The Bertz CT molecular complexity index is 860. The van der Waals surface area contributed by atoms with E-state index in [1.165, 1.54) is 6.33 Å². The first-order valence-electron chi connectivity index (χ1n) is 8.58. The third-order valence-electron chi connectivity index (χ3n) is 4.79. The minimum Gasteiger partial charge on any atom is -0.387 e. The zero-order chi connectivity index (χ0) is 20.1. The van der Waals surface area contributed by atoms with Crippen molar-refractivity contribution in [3.63, 3.8) is 0 Å². The minimum atomic E-state index is -4.84. The number of fused-ring (bicyclic) bond motifs is 1. The molecule has 2 aromatic rings. The van der Waals surface area contributed by atoms with Gasteiger partial charge in [-0.05, 0) is 24.4 Å². The second-order valence-corrected chi connectivity index (χ2v) is 7.00. The van der Waals surface area contributed by atoms with Gasteiger partial charge in [-0.25, -0.2) is 4.98 Å². The molecule has 4 heterocycles. The number of hydrogen-bond acceptors (Lipinski definition) is 8. The van der Waals surface area contributed by atoms with Crippen LogP contribution in [-0.4, -0.2) is 73.5 Å². The van der Waals surface area contributed by atoms with Crippen LogP contribution in [0, 0.1) is 0 Å². The maximum absolute atomic E-state index is 13.0. The van der Waals surface area contributed by atoms with Gasteiger partial charge in [0.25, 0.3) is 0 Å². The molecule has 2 fully saturated rings. The van der Waals surface area contributed by atoms with Gasteiger partial charge in [0.15, 0.2) is 29.3 Å². The fourth-order valence-corrected chi connectivity index (χ4v) is 3.54. The van der Waals surface area contributed by atoms with Crippen molar-refractivity contribution < 1.29 is 32.9 Å². The summed E-state index contributed by atoms with van der Waals surface area (Å²) in [4.78, 5) is 12.3. The number of nitrogens with zero attached hydrogens (tertiary/aromatic N) is 4. The van der Waals surface area contributed by atoms with Crippen LogP contribution in [-0.2, 0) is 9.47 Å². The van der Waals surface area contributed by atoms with Gasteiger partial charge >= 0.3 is 6.18 Å². The summed E-state index contributed by atoms with van der Waals surface area (Å²) in [5.41, 5.74) is 0.338. The number of rotatable bonds is 3. The predicted molar refractivity (Wildman–Crippen MR) is 89.8 cm³/mol. The summed E-state index contributed by atoms with van der Waals surface area (Å²) in [5, 5.41) is 22.9. The van der Waals surface area contributed by atoms with Crippen molar-refractivity contribution in [2.75, 3.05) is 18.5 Å². The van der Waals surface area contributed by atoms with Crippen LogP contribution in [0.25, 0.3) is 11.2 Å². The lowest BCUT2D eigenvalue weighted by molar-refractivity contribution is -0.236. The molecule has 0 aromatic carbocycles. The number of halogens is 4. The average molecular weight is 424 g/mol. The molecule has 28 heavy (non-hydrogen) atoms. The molecule has 2 aromatic heterocycles. The number of aliphatic hydroxyl groups is 2. The summed E-state index contributed by atoms with van der Waals surface area (Å²) < 4.78 is 50.3. The fraction of sp³-hybridized carbons (Fsp3) is 0.667. The number of hydrogen-bond donors (Lipinski definition) is 3. The summed E-state index contributed by atoms with van der Waals surface area (Å²) in [6, 6.07) is 0.0674. The standard InChI is InChI=1S/C15H17ClF3N5O4/c16-14-22-11(21-6-1-3-27-4-2-6)7-12(23-14)24(5-20-7)13-9(26)8(25)10(28-13)15(17,18)19/h5-6,8-10,13,25-26H,1-4H2,(H,21,22,23)/t8-,9+,10-,13+/m0/s1. The Hall–Kier alpha value is -1.73. The number of aliphatic hydroxyl groups excluding tert-OH is 2. The average Bonchev–Trinajstić information content (AvgIpc) is 3.17. The molecular weight excluding hydrogens is 407 g/mol. The highest BCUT2D eigenvalue weighted by molar-refractivity contribution is 6.28. The smallest absolute Gasteiger partial charge is 0.387 e. The van der Waals surface area contributed by atoms with Crippen molar-refractivity contribution in [1.82, 2.24) is 19.5 Å². The molecular formula is C15H17ClF3N5O4.